The maximum Gasteiger partial charge on any atom is 0.150 e. The highest BCUT2D eigenvalue weighted by Gasteiger charge is 2.24. The number of ketones is 1. The van der Waals surface area contributed by atoms with Crippen molar-refractivity contribution < 1.29 is 17.6 Å². The zero-order valence-electron chi connectivity index (χ0n) is 15.4. The van der Waals surface area contributed by atoms with Crippen LogP contribution >= 0.6 is 0 Å². The molecule has 1 heterocycles. The van der Waals surface area contributed by atoms with Crippen LogP contribution in [0.5, 0.6) is 0 Å². The minimum absolute atomic E-state index is 0.222. The van der Waals surface area contributed by atoms with Crippen LogP contribution < -0.4 is 0 Å². The van der Waals surface area contributed by atoms with E-state index < -0.39 is 9.84 Å². The summed E-state index contributed by atoms with van der Waals surface area (Å²) in [6, 6.07) is 14.5. The van der Waals surface area contributed by atoms with Crippen molar-refractivity contribution in [2.24, 2.45) is 5.92 Å². The minimum Gasteiger partial charge on any atom is -0.300 e. The van der Waals surface area contributed by atoms with Gasteiger partial charge < -0.3 is 0 Å². The SMILES string of the molecule is O=C(CCCc1ccc(-c2ccccc2F)cc1)CC1CCS(=O)(=O)CC1. The van der Waals surface area contributed by atoms with Gasteiger partial charge in [0.2, 0.25) is 0 Å². The topological polar surface area (TPSA) is 51.2 Å². The molecule has 2 aromatic carbocycles. The third-order valence-corrected chi connectivity index (χ3v) is 6.97. The second kappa shape index (κ2) is 8.79. The number of halogens is 1. The highest BCUT2D eigenvalue weighted by atomic mass is 32.2. The van der Waals surface area contributed by atoms with Crippen LogP contribution in [0.25, 0.3) is 11.1 Å². The lowest BCUT2D eigenvalue weighted by molar-refractivity contribution is -0.120. The van der Waals surface area contributed by atoms with Gasteiger partial charge in [-0.05, 0) is 48.8 Å². The highest BCUT2D eigenvalue weighted by Crippen LogP contribution is 2.24. The van der Waals surface area contributed by atoms with Crippen LogP contribution in [0.2, 0.25) is 0 Å². The van der Waals surface area contributed by atoms with Crippen LogP contribution in [0.4, 0.5) is 4.39 Å². The van der Waals surface area contributed by atoms with Gasteiger partial charge in [-0.15, -0.1) is 0 Å². The van der Waals surface area contributed by atoms with Crippen molar-refractivity contribution >= 4 is 15.6 Å². The molecule has 0 aromatic heterocycles. The van der Waals surface area contributed by atoms with E-state index in [1.54, 1.807) is 12.1 Å². The molecule has 144 valence electrons. The summed E-state index contributed by atoms with van der Waals surface area (Å²) >= 11 is 0. The molecule has 1 aliphatic rings. The number of sulfone groups is 1. The molecule has 0 spiro atoms. The lowest BCUT2D eigenvalue weighted by atomic mass is 9.94. The average Bonchev–Trinajstić information content (AvgIpc) is 2.65. The molecule has 0 saturated carbocycles. The Morgan fingerprint density at radius 3 is 2.33 bits per heavy atom. The normalized spacial score (nSPS) is 16.9. The van der Waals surface area contributed by atoms with E-state index in [4.69, 9.17) is 0 Å². The van der Waals surface area contributed by atoms with E-state index in [1.165, 1.54) is 6.07 Å². The van der Waals surface area contributed by atoms with Gasteiger partial charge in [0.25, 0.3) is 0 Å². The molecule has 0 aliphatic carbocycles. The fourth-order valence-corrected chi connectivity index (χ4v) is 5.19. The van der Waals surface area contributed by atoms with Gasteiger partial charge in [-0.3, -0.25) is 4.79 Å². The van der Waals surface area contributed by atoms with Crippen LogP contribution in [0.15, 0.2) is 48.5 Å². The van der Waals surface area contributed by atoms with Crippen LogP contribution in [0.3, 0.4) is 0 Å². The van der Waals surface area contributed by atoms with Crippen molar-refractivity contribution in [3.05, 3.63) is 59.9 Å². The molecule has 0 radical (unpaired) electrons. The fraction of sp³-hybridized carbons (Fsp3) is 0.409. The van der Waals surface area contributed by atoms with Crippen molar-refractivity contribution in [1.29, 1.82) is 0 Å². The summed E-state index contributed by atoms with van der Waals surface area (Å²) in [7, 11) is -2.87. The molecule has 1 fully saturated rings. The number of carbonyl (C=O) groups is 1. The lowest BCUT2D eigenvalue weighted by Crippen LogP contribution is -2.24. The summed E-state index contributed by atoms with van der Waals surface area (Å²) in [5.41, 5.74) is 2.57. The van der Waals surface area contributed by atoms with E-state index in [0.717, 1.165) is 24.0 Å². The Hall–Kier alpha value is -2.01. The molecule has 0 atom stereocenters. The van der Waals surface area contributed by atoms with Crippen LogP contribution in [0.1, 0.15) is 37.7 Å². The third kappa shape index (κ3) is 5.73. The number of aryl methyl sites for hydroxylation is 1. The Bertz CT molecular complexity index is 874. The Morgan fingerprint density at radius 2 is 1.67 bits per heavy atom. The van der Waals surface area contributed by atoms with Crippen molar-refractivity contribution in [2.45, 2.75) is 38.5 Å². The Balaban J connectivity index is 1.44. The molecule has 3 nitrogen and oxygen atoms in total. The maximum atomic E-state index is 13.8. The van der Waals surface area contributed by atoms with E-state index in [-0.39, 0.29) is 29.0 Å². The molecule has 5 heteroatoms. The largest absolute Gasteiger partial charge is 0.300 e. The first-order chi connectivity index (χ1) is 12.9. The molecule has 0 bridgehead atoms. The van der Waals surface area contributed by atoms with Crippen molar-refractivity contribution in [3.63, 3.8) is 0 Å². The van der Waals surface area contributed by atoms with E-state index in [0.29, 0.717) is 31.2 Å². The summed E-state index contributed by atoms with van der Waals surface area (Å²) < 4.78 is 36.7. The molecule has 0 unspecified atom stereocenters. The number of hydrogen-bond acceptors (Lipinski definition) is 3. The predicted octanol–water partition coefficient (Wildman–Crippen LogP) is 4.60. The summed E-state index contributed by atoms with van der Waals surface area (Å²) in [6.07, 6.45) is 3.85. The zero-order chi connectivity index (χ0) is 19.3. The van der Waals surface area contributed by atoms with E-state index in [1.807, 2.05) is 30.3 Å². The Morgan fingerprint density at radius 1 is 1.00 bits per heavy atom. The second-order valence-electron chi connectivity index (χ2n) is 7.37. The summed E-state index contributed by atoms with van der Waals surface area (Å²) in [6.45, 7) is 0. The first-order valence-corrected chi connectivity index (χ1v) is 11.3. The lowest BCUT2D eigenvalue weighted by Gasteiger charge is -2.21. The van der Waals surface area contributed by atoms with Crippen molar-refractivity contribution in [3.8, 4) is 11.1 Å². The van der Waals surface area contributed by atoms with Crippen molar-refractivity contribution in [2.75, 3.05) is 11.5 Å². The van der Waals surface area contributed by atoms with Gasteiger partial charge in [0.05, 0.1) is 11.5 Å². The monoisotopic (exact) mass is 388 g/mol. The summed E-state index contributed by atoms with van der Waals surface area (Å²) in [5.74, 6) is 0.660. The number of hydrogen-bond donors (Lipinski definition) is 0. The quantitative estimate of drug-likeness (QED) is 0.697. The summed E-state index contributed by atoms with van der Waals surface area (Å²) in [4.78, 5) is 12.1. The van der Waals surface area contributed by atoms with Gasteiger partial charge in [0.1, 0.15) is 21.4 Å². The molecular weight excluding hydrogens is 363 g/mol. The molecule has 0 amide bonds. The number of carbonyl (C=O) groups excluding carboxylic acids is 1. The van der Waals surface area contributed by atoms with Crippen molar-refractivity contribution in [1.82, 2.24) is 0 Å². The van der Waals surface area contributed by atoms with Gasteiger partial charge in [-0.25, -0.2) is 12.8 Å². The molecule has 1 aliphatic heterocycles. The number of rotatable bonds is 7. The smallest absolute Gasteiger partial charge is 0.150 e. The van der Waals surface area contributed by atoms with Crippen LogP contribution in [-0.4, -0.2) is 25.7 Å². The second-order valence-corrected chi connectivity index (χ2v) is 9.67. The molecule has 2 aromatic rings. The highest BCUT2D eigenvalue weighted by molar-refractivity contribution is 7.91. The molecule has 3 rings (SSSR count). The van der Waals surface area contributed by atoms with Gasteiger partial charge in [-0.1, -0.05) is 42.5 Å². The number of Topliss-reactive ketones (excluding diaryl/α,β-unsaturated/α-hetero) is 1. The van der Waals surface area contributed by atoms with E-state index in [9.17, 15) is 17.6 Å². The molecular formula is C22H25FO3S. The van der Waals surface area contributed by atoms with Gasteiger partial charge >= 0.3 is 0 Å². The molecule has 0 N–H and O–H groups in total. The standard InChI is InChI=1S/C22H25FO3S/c23-22-7-2-1-6-21(22)19-10-8-17(9-11-19)4-3-5-20(24)16-18-12-14-27(25,26)15-13-18/h1-2,6-11,18H,3-5,12-16H2. The van der Waals surface area contributed by atoms with Gasteiger partial charge in [-0.2, -0.15) is 0 Å². The van der Waals surface area contributed by atoms with Gasteiger partial charge in [0.15, 0.2) is 0 Å². The first kappa shape index (κ1) is 19.7. The maximum absolute atomic E-state index is 13.8. The first-order valence-electron chi connectivity index (χ1n) is 9.49. The molecule has 27 heavy (non-hydrogen) atoms. The zero-order valence-corrected chi connectivity index (χ0v) is 16.2. The van der Waals surface area contributed by atoms with E-state index >= 15 is 0 Å². The number of benzene rings is 2. The fourth-order valence-electron chi connectivity index (χ4n) is 3.60. The van der Waals surface area contributed by atoms with Gasteiger partial charge in [0, 0.05) is 18.4 Å². The average molecular weight is 389 g/mol. The Kier molecular flexibility index (Phi) is 6.42. The van der Waals surface area contributed by atoms with E-state index in [2.05, 4.69) is 0 Å². The minimum atomic E-state index is -2.87. The molecule has 1 saturated heterocycles. The third-order valence-electron chi connectivity index (χ3n) is 5.25. The Labute approximate surface area is 160 Å². The predicted molar refractivity (Wildman–Crippen MR) is 106 cm³/mol. The van der Waals surface area contributed by atoms with Crippen LogP contribution in [0, 0.1) is 11.7 Å². The van der Waals surface area contributed by atoms with Crippen LogP contribution in [-0.2, 0) is 21.1 Å². The summed E-state index contributed by atoms with van der Waals surface area (Å²) in [5, 5.41) is 0.